The third kappa shape index (κ3) is 14.1. The highest BCUT2D eigenvalue weighted by Crippen LogP contribution is 2.14. The Morgan fingerprint density at radius 3 is 1.44 bits per heavy atom. The van der Waals surface area contributed by atoms with Crippen LogP contribution in [-0.4, -0.2) is 14.1 Å². The Morgan fingerprint density at radius 2 is 1.06 bits per heavy atom. The van der Waals surface area contributed by atoms with Crippen LogP contribution in [0.1, 0.15) is 64.2 Å². The van der Waals surface area contributed by atoms with E-state index in [9.17, 15) is 0 Å². The van der Waals surface area contributed by atoms with Crippen LogP contribution in [0.4, 0.5) is 0 Å². The standard InChI is InChI=1S/2C8H15.CH3.Al/c2*1-3-5-7-8-6-4-2;;/h2*3H,1-2,4-8H2;1H3;. The highest BCUT2D eigenvalue weighted by molar-refractivity contribution is 6.57. The van der Waals surface area contributed by atoms with Crippen molar-refractivity contribution in [2.24, 2.45) is 0 Å². The van der Waals surface area contributed by atoms with Gasteiger partial charge in [-0.3, -0.25) is 0 Å². The van der Waals surface area contributed by atoms with Crippen LogP contribution in [0.2, 0.25) is 16.4 Å². The van der Waals surface area contributed by atoms with Crippen LogP contribution in [0.15, 0.2) is 25.3 Å². The highest BCUT2D eigenvalue weighted by atomic mass is 27.2. The van der Waals surface area contributed by atoms with E-state index in [2.05, 4.69) is 18.9 Å². The summed E-state index contributed by atoms with van der Waals surface area (Å²) in [6, 6.07) is 0. The summed E-state index contributed by atoms with van der Waals surface area (Å²) >= 11 is -0.360. The second kappa shape index (κ2) is 15.1. The largest absolute Gasteiger partial charge is 0.258 e. The van der Waals surface area contributed by atoms with Crippen LogP contribution in [-0.2, 0) is 0 Å². The van der Waals surface area contributed by atoms with Crippen molar-refractivity contribution in [3.05, 3.63) is 25.3 Å². The van der Waals surface area contributed by atoms with E-state index in [-0.39, 0.29) is 14.1 Å². The fourth-order valence-corrected chi connectivity index (χ4v) is 4.67. The summed E-state index contributed by atoms with van der Waals surface area (Å²) in [6.45, 7) is 7.54. The van der Waals surface area contributed by atoms with Gasteiger partial charge in [0, 0.05) is 0 Å². The fourth-order valence-electron chi connectivity index (χ4n) is 2.41. The molecule has 0 radical (unpaired) electrons. The molecule has 1 heteroatoms. The summed E-state index contributed by atoms with van der Waals surface area (Å²) in [5.74, 6) is 2.56. The van der Waals surface area contributed by atoms with Crippen molar-refractivity contribution < 1.29 is 0 Å². The maximum Gasteiger partial charge on any atom is 0.258 e. The van der Waals surface area contributed by atoms with Crippen molar-refractivity contribution in [3.8, 4) is 0 Å². The molecule has 0 spiro atoms. The molecule has 0 aliphatic carbocycles. The summed E-state index contributed by atoms with van der Waals surface area (Å²) in [7, 11) is 0. The van der Waals surface area contributed by atoms with Gasteiger partial charge in [0.2, 0.25) is 0 Å². The molecule has 0 aromatic heterocycles. The van der Waals surface area contributed by atoms with Crippen LogP contribution >= 0.6 is 0 Å². The zero-order valence-electron chi connectivity index (χ0n) is 12.6. The molecule has 0 rings (SSSR count). The van der Waals surface area contributed by atoms with E-state index < -0.39 is 0 Å². The molecule has 0 heterocycles. The lowest BCUT2D eigenvalue weighted by Crippen LogP contribution is -2.05. The van der Waals surface area contributed by atoms with E-state index in [1.165, 1.54) is 64.2 Å². The van der Waals surface area contributed by atoms with Gasteiger partial charge in [-0.2, -0.15) is 0 Å². The third-order valence-electron chi connectivity index (χ3n) is 3.71. The fraction of sp³-hybridized carbons (Fsp3) is 0.765. The lowest BCUT2D eigenvalue weighted by molar-refractivity contribution is 0.662. The van der Waals surface area contributed by atoms with Gasteiger partial charge in [-0.25, -0.2) is 0 Å². The minimum Gasteiger partial charge on any atom is -0.106 e. The van der Waals surface area contributed by atoms with Crippen LogP contribution in [0, 0.1) is 0 Å². The average molecular weight is 264 g/mol. The molecule has 0 atom stereocenters. The molecule has 0 fully saturated rings. The Hall–Kier alpha value is 0.0125. The Labute approximate surface area is 120 Å². The molecule has 104 valence electrons. The van der Waals surface area contributed by atoms with Gasteiger partial charge in [-0.1, -0.05) is 61.2 Å². The summed E-state index contributed by atoms with van der Waals surface area (Å²) in [6.07, 6.45) is 17.9. The van der Waals surface area contributed by atoms with E-state index in [1.54, 1.807) is 10.6 Å². The number of unbranched alkanes of at least 4 members (excludes halogenated alkanes) is 8. The van der Waals surface area contributed by atoms with Crippen molar-refractivity contribution in [2.45, 2.75) is 80.6 Å². The van der Waals surface area contributed by atoms with Crippen molar-refractivity contribution in [1.29, 1.82) is 0 Å². The Balaban J connectivity index is 3.14. The predicted octanol–water partition coefficient (Wildman–Crippen LogP) is 6.38. The van der Waals surface area contributed by atoms with E-state index in [4.69, 9.17) is 0 Å². The van der Waals surface area contributed by atoms with Crippen molar-refractivity contribution >= 4 is 14.1 Å². The summed E-state index contributed by atoms with van der Waals surface area (Å²) in [5.41, 5.74) is 0. The van der Waals surface area contributed by atoms with Gasteiger partial charge in [0.15, 0.2) is 0 Å². The van der Waals surface area contributed by atoms with E-state index in [1.807, 2.05) is 12.2 Å². The SMILES string of the molecule is C=CCCCCC[CH2][Al]([CH3])[CH2]CCCCCC=C. The van der Waals surface area contributed by atoms with Crippen LogP contribution < -0.4 is 0 Å². The molecule has 0 saturated heterocycles. The zero-order valence-corrected chi connectivity index (χ0v) is 13.8. The van der Waals surface area contributed by atoms with Gasteiger partial charge in [0.1, 0.15) is 0 Å². The summed E-state index contributed by atoms with van der Waals surface area (Å²) in [4.78, 5) is 0. The smallest absolute Gasteiger partial charge is 0.106 e. The average Bonchev–Trinajstić information content (AvgIpc) is 2.38. The van der Waals surface area contributed by atoms with Gasteiger partial charge in [0.05, 0.1) is 0 Å². The van der Waals surface area contributed by atoms with Crippen LogP contribution in [0.25, 0.3) is 0 Å². The second-order valence-corrected chi connectivity index (χ2v) is 9.03. The second-order valence-electron chi connectivity index (χ2n) is 5.67. The summed E-state index contributed by atoms with van der Waals surface area (Å²) < 4.78 is 0. The monoisotopic (exact) mass is 264 g/mol. The third-order valence-corrected chi connectivity index (χ3v) is 6.50. The first-order valence-corrected chi connectivity index (χ1v) is 10.8. The van der Waals surface area contributed by atoms with E-state index in [0.29, 0.717) is 0 Å². The molecule has 0 N–H and O–H groups in total. The molecule has 0 bridgehead atoms. The van der Waals surface area contributed by atoms with Crippen LogP contribution in [0.5, 0.6) is 0 Å². The Kier molecular flexibility index (Phi) is 15.1. The first-order chi connectivity index (χ1) is 8.81. The molecule has 0 aliphatic rings. The molecule has 0 aliphatic heterocycles. The number of hydrogen-bond donors (Lipinski definition) is 0. The maximum absolute atomic E-state index is 3.77. The first-order valence-electron chi connectivity index (χ1n) is 8.03. The predicted molar refractivity (Wildman–Crippen MR) is 87.8 cm³/mol. The Morgan fingerprint density at radius 1 is 0.667 bits per heavy atom. The lowest BCUT2D eigenvalue weighted by Gasteiger charge is -2.06. The molecule has 0 saturated carbocycles. The van der Waals surface area contributed by atoms with Gasteiger partial charge in [0.25, 0.3) is 14.1 Å². The van der Waals surface area contributed by atoms with Crippen LogP contribution in [0.3, 0.4) is 0 Å². The Bertz CT molecular complexity index is 166. The minimum atomic E-state index is -0.360. The van der Waals surface area contributed by atoms with Gasteiger partial charge in [-0.05, 0) is 25.7 Å². The molecule has 0 unspecified atom stereocenters. The number of hydrogen-bond acceptors (Lipinski definition) is 0. The van der Waals surface area contributed by atoms with E-state index in [0.717, 1.165) is 0 Å². The van der Waals surface area contributed by atoms with Crippen molar-refractivity contribution in [2.75, 3.05) is 0 Å². The number of allylic oxidation sites excluding steroid dienone is 2. The molecular weight excluding hydrogens is 231 g/mol. The van der Waals surface area contributed by atoms with E-state index >= 15 is 0 Å². The highest BCUT2D eigenvalue weighted by Gasteiger charge is 2.08. The quantitative estimate of drug-likeness (QED) is 0.194. The molecule has 0 aromatic rings. The molecule has 0 nitrogen and oxygen atoms in total. The first kappa shape index (κ1) is 18.0. The topological polar surface area (TPSA) is 0 Å². The van der Waals surface area contributed by atoms with Crippen molar-refractivity contribution in [1.82, 2.24) is 0 Å². The molecule has 0 amide bonds. The minimum absolute atomic E-state index is 0.360. The van der Waals surface area contributed by atoms with Gasteiger partial charge < -0.3 is 0 Å². The van der Waals surface area contributed by atoms with Gasteiger partial charge in [-0.15, -0.1) is 18.9 Å². The molecule has 0 aromatic carbocycles. The van der Waals surface area contributed by atoms with Gasteiger partial charge >= 0.3 is 0 Å². The molecular formula is C17H33Al. The van der Waals surface area contributed by atoms with Crippen molar-refractivity contribution in [3.63, 3.8) is 0 Å². The zero-order chi connectivity index (χ0) is 13.5. The maximum atomic E-state index is 3.77. The number of rotatable bonds is 14. The summed E-state index contributed by atoms with van der Waals surface area (Å²) in [5, 5.41) is 3.14. The lowest BCUT2D eigenvalue weighted by atomic mass is 10.1. The normalized spacial score (nSPS) is 10.3. The molecule has 18 heavy (non-hydrogen) atoms.